The Morgan fingerprint density at radius 2 is 2.17 bits per heavy atom. The van der Waals surface area contributed by atoms with Gasteiger partial charge in [0.05, 0.1) is 25.4 Å². The Labute approximate surface area is 141 Å². The van der Waals surface area contributed by atoms with Gasteiger partial charge in [-0.05, 0) is 30.7 Å². The average Bonchev–Trinajstić information content (AvgIpc) is 3.01. The van der Waals surface area contributed by atoms with Crippen molar-refractivity contribution in [3.63, 3.8) is 0 Å². The summed E-state index contributed by atoms with van der Waals surface area (Å²) < 4.78 is 19.8. The number of ether oxygens (including phenoxy) is 1. The standard InChI is InChI=1S/C17H15FN2O3S/c1-3-11-7-12-16(24-11)19-9-20(17(12)22)8-14(21)10-4-5-15(23-2)13(18)6-10/h4-7,9H,3,8H2,1-2H3. The van der Waals surface area contributed by atoms with E-state index in [2.05, 4.69) is 4.98 Å². The van der Waals surface area contributed by atoms with Gasteiger partial charge in [0.25, 0.3) is 5.56 Å². The van der Waals surface area contributed by atoms with Crippen molar-refractivity contribution in [2.24, 2.45) is 0 Å². The molecule has 124 valence electrons. The molecule has 3 aromatic rings. The van der Waals surface area contributed by atoms with Crippen molar-refractivity contribution in [2.75, 3.05) is 7.11 Å². The second kappa shape index (κ2) is 6.52. The number of carbonyl (C=O) groups excluding carboxylic acids is 1. The summed E-state index contributed by atoms with van der Waals surface area (Å²) in [6, 6.07) is 5.78. The Morgan fingerprint density at radius 1 is 1.38 bits per heavy atom. The third-order valence-electron chi connectivity index (χ3n) is 3.71. The summed E-state index contributed by atoms with van der Waals surface area (Å²) in [4.78, 5) is 30.8. The van der Waals surface area contributed by atoms with Crippen LogP contribution in [0, 0.1) is 5.82 Å². The number of fused-ring (bicyclic) bond motifs is 1. The van der Waals surface area contributed by atoms with E-state index in [1.807, 2.05) is 13.0 Å². The average molecular weight is 346 g/mol. The topological polar surface area (TPSA) is 61.2 Å². The molecule has 0 aliphatic heterocycles. The van der Waals surface area contributed by atoms with Gasteiger partial charge in [-0.15, -0.1) is 11.3 Å². The largest absolute Gasteiger partial charge is 0.494 e. The first kappa shape index (κ1) is 16.3. The van der Waals surface area contributed by atoms with Crippen LogP contribution in [-0.4, -0.2) is 22.4 Å². The summed E-state index contributed by atoms with van der Waals surface area (Å²) in [6.07, 6.45) is 2.18. The lowest BCUT2D eigenvalue weighted by atomic mass is 10.1. The van der Waals surface area contributed by atoms with E-state index < -0.39 is 5.82 Å². The number of rotatable bonds is 5. The van der Waals surface area contributed by atoms with Gasteiger partial charge in [0.15, 0.2) is 17.3 Å². The number of benzene rings is 1. The van der Waals surface area contributed by atoms with Gasteiger partial charge in [-0.25, -0.2) is 9.37 Å². The predicted molar refractivity (Wildman–Crippen MR) is 90.5 cm³/mol. The molecular formula is C17H15FN2O3S. The van der Waals surface area contributed by atoms with Crippen LogP contribution >= 0.6 is 11.3 Å². The zero-order valence-corrected chi connectivity index (χ0v) is 14.0. The summed E-state index contributed by atoms with van der Waals surface area (Å²) >= 11 is 1.47. The van der Waals surface area contributed by atoms with E-state index in [4.69, 9.17) is 4.74 Å². The van der Waals surface area contributed by atoms with Gasteiger partial charge < -0.3 is 4.74 Å². The van der Waals surface area contributed by atoms with E-state index in [-0.39, 0.29) is 29.2 Å². The number of methoxy groups -OCH3 is 1. The van der Waals surface area contributed by atoms with E-state index in [0.717, 1.165) is 17.4 Å². The van der Waals surface area contributed by atoms with Crippen LogP contribution in [0.3, 0.4) is 0 Å². The number of thiophene rings is 1. The zero-order valence-electron chi connectivity index (χ0n) is 13.2. The van der Waals surface area contributed by atoms with Crippen molar-refractivity contribution in [2.45, 2.75) is 19.9 Å². The smallest absolute Gasteiger partial charge is 0.262 e. The molecule has 0 bridgehead atoms. The summed E-state index contributed by atoms with van der Waals surface area (Å²) in [5.74, 6) is -0.919. The van der Waals surface area contributed by atoms with Crippen LogP contribution in [0.15, 0.2) is 35.4 Å². The fraction of sp³-hybridized carbons (Fsp3) is 0.235. The van der Waals surface area contributed by atoms with Gasteiger partial charge in [-0.2, -0.15) is 0 Å². The molecule has 0 N–H and O–H groups in total. The maximum atomic E-state index is 13.7. The monoisotopic (exact) mass is 346 g/mol. The van der Waals surface area contributed by atoms with Crippen molar-refractivity contribution in [3.8, 4) is 5.75 Å². The molecule has 0 saturated carbocycles. The van der Waals surface area contributed by atoms with Gasteiger partial charge in [0.1, 0.15) is 4.83 Å². The summed E-state index contributed by atoms with van der Waals surface area (Å²) in [5, 5.41) is 0.507. The second-order valence-electron chi connectivity index (χ2n) is 5.24. The molecule has 24 heavy (non-hydrogen) atoms. The quantitative estimate of drug-likeness (QED) is 0.666. The highest BCUT2D eigenvalue weighted by atomic mass is 32.1. The Kier molecular flexibility index (Phi) is 4.44. The summed E-state index contributed by atoms with van der Waals surface area (Å²) in [7, 11) is 1.35. The Morgan fingerprint density at radius 3 is 2.83 bits per heavy atom. The predicted octanol–water partition coefficient (Wildman–Crippen LogP) is 3.05. The van der Waals surface area contributed by atoms with Gasteiger partial charge in [0, 0.05) is 10.4 Å². The van der Waals surface area contributed by atoms with E-state index in [1.54, 1.807) is 0 Å². The minimum Gasteiger partial charge on any atom is -0.494 e. The van der Waals surface area contributed by atoms with E-state index in [1.165, 1.54) is 41.5 Å². The molecular weight excluding hydrogens is 331 g/mol. The molecule has 0 aliphatic carbocycles. The molecule has 0 fully saturated rings. The molecule has 0 atom stereocenters. The van der Waals surface area contributed by atoms with Crippen molar-refractivity contribution < 1.29 is 13.9 Å². The molecule has 7 heteroatoms. The van der Waals surface area contributed by atoms with Crippen LogP contribution in [0.2, 0.25) is 0 Å². The number of nitrogens with zero attached hydrogens (tertiary/aromatic N) is 2. The summed E-state index contributed by atoms with van der Waals surface area (Å²) in [6.45, 7) is 1.82. The van der Waals surface area contributed by atoms with Crippen LogP contribution in [0.4, 0.5) is 4.39 Å². The fourth-order valence-corrected chi connectivity index (χ4v) is 3.31. The third-order valence-corrected chi connectivity index (χ3v) is 4.89. The third kappa shape index (κ3) is 2.94. The molecule has 0 amide bonds. The highest BCUT2D eigenvalue weighted by Gasteiger charge is 2.14. The van der Waals surface area contributed by atoms with Gasteiger partial charge in [-0.1, -0.05) is 6.92 Å². The van der Waals surface area contributed by atoms with Crippen molar-refractivity contribution in [3.05, 3.63) is 57.2 Å². The van der Waals surface area contributed by atoms with E-state index in [0.29, 0.717) is 10.2 Å². The van der Waals surface area contributed by atoms with Crippen LogP contribution in [0.1, 0.15) is 22.2 Å². The Hall–Kier alpha value is -2.54. The molecule has 0 unspecified atom stereocenters. The number of hydrogen-bond acceptors (Lipinski definition) is 5. The molecule has 5 nitrogen and oxygen atoms in total. The number of hydrogen-bond donors (Lipinski definition) is 0. The number of halogens is 1. The first-order chi connectivity index (χ1) is 11.5. The SMILES string of the molecule is CCc1cc2c(=O)n(CC(=O)c3ccc(OC)c(F)c3)cnc2s1. The van der Waals surface area contributed by atoms with Crippen LogP contribution < -0.4 is 10.3 Å². The second-order valence-corrected chi connectivity index (χ2v) is 6.35. The van der Waals surface area contributed by atoms with Crippen LogP contribution in [0.25, 0.3) is 10.2 Å². The first-order valence-corrected chi connectivity index (χ1v) is 8.19. The molecule has 3 rings (SSSR count). The maximum Gasteiger partial charge on any atom is 0.262 e. The first-order valence-electron chi connectivity index (χ1n) is 7.38. The number of ketones is 1. The molecule has 1 aromatic carbocycles. The molecule has 0 spiro atoms. The van der Waals surface area contributed by atoms with E-state index in [9.17, 15) is 14.0 Å². The molecule has 2 aromatic heterocycles. The van der Waals surface area contributed by atoms with Crippen molar-refractivity contribution >= 4 is 27.3 Å². The van der Waals surface area contributed by atoms with Gasteiger partial charge in [-0.3, -0.25) is 14.2 Å². The number of aryl methyl sites for hydroxylation is 1. The Bertz CT molecular complexity index is 978. The minimum atomic E-state index is -0.616. The lowest BCUT2D eigenvalue weighted by Crippen LogP contribution is -2.24. The molecule has 0 aliphatic rings. The van der Waals surface area contributed by atoms with Gasteiger partial charge in [0.2, 0.25) is 0 Å². The van der Waals surface area contributed by atoms with Crippen molar-refractivity contribution in [1.29, 1.82) is 0 Å². The normalized spacial score (nSPS) is 11.0. The number of aromatic nitrogens is 2. The highest BCUT2D eigenvalue weighted by molar-refractivity contribution is 7.18. The lowest BCUT2D eigenvalue weighted by Gasteiger charge is -2.06. The van der Waals surface area contributed by atoms with E-state index >= 15 is 0 Å². The van der Waals surface area contributed by atoms with Crippen molar-refractivity contribution in [1.82, 2.24) is 9.55 Å². The fourth-order valence-electron chi connectivity index (χ4n) is 2.38. The minimum absolute atomic E-state index is 0.0668. The number of Topliss-reactive ketones (excluding diaryl/α,β-unsaturated/α-hetero) is 1. The van der Waals surface area contributed by atoms with Crippen LogP contribution in [0.5, 0.6) is 5.75 Å². The highest BCUT2D eigenvalue weighted by Crippen LogP contribution is 2.21. The Balaban J connectivity index is 1.91. The molecule has 0 saturated heterocycles. The maximum absolute atomic E-state index is 13.7. The van der Waals surface area contributed by atoms with Gasteiger partial charge >= 0.3 is 0 Å². The molecule has 0 radical (unpaired) electrons. The summed E-state index contributed by atoms with van der Waals surface area (Å²) in [5.41, 5.74) is -0.0850. The van der Waals surface area contributed by atoms with Crippen LogP contribution in [-0.2, 0) is 13.0 Å². The lowest BCUT2D eigenvalue weighted by molar-refractivity contribution is 0.0970. The zero-order chi connectivity index (χ0) is 17.3. The molecule has 2 heterocycles. The number of carbonyl (C=O) groups is 1.